The van der Waals surface area contributed by atoms with Crippen molar-refractivity contribution < 1.29 is 24.2 Å². The van der Waals surface area contributed by atoms with E-state index in [0.717, 1.165) is 32.1 Å². The highest BCUT2D eigenvalue weighted by molar-refractivity contribution is 5.89. The number of aliphatic hydroxyl groups is 1. The number of carbonyl (C=O) groups excluding carboxylic acids is 2. The number of hydrogen-bond donors (Lipinski definition) is 1. The lowest BCUT2D eigenvalue weighted by Gasteiger charge is -2.58. The quantitative estimate of drug-likeness (QED) is 0.569. The molecule has 2 heterocycles. The van der Waals surface area contributed by atoms with Gasteiger partial charge < -0.3 is 14.6 Å². The first-order valence-electron chi connectivity index (χ1n) is 12.8. The normalized spacial score (nSPS) is 57.0. The number of ketones is 2. The van der Waals surface area contributed by atoms with Crippen molar-refractivity contribution in [3.8, 4) is 0 Å². The Morgan fingerprint density at radius 2 is 1.91 bits per heavy atom. The third-order valence-corrected chi connectivity index (χ3v) is 11.3. The number of Topliss-reactive ketones (excluding diaryl/α,β-unsaturated/α-hetero) is 2. The molecule has 2 saturated heterocycles. The van der Waals surface area contributed by atoms with Gasteiger partial charge in [-0.2, -0.15) is 0 Å². The lowest BCUT2D eigenvalue weighted by molar-refractivity contribution is -0.273. The highest BCUT2D eigenvalue weighted by atomic mass is 16.7. The molecule has 5 fully saturated rings. The van der Waals surface area contributed by atoms with E-state index >= 15 is 0 Å². The van der Waals surface area contributed by atoms with Crippen LogP contribution < -0.4 is 0 Å². The Morgan fingerprint density at radius 3 is 2.62 bits per heavy atom. The Hall–Kier alpha value is -1.04. The molecule has 2 aliphatic heterocycles. The maximum Gasteiger partial charge on any atom is 0.174 e. The molecule has 0 aromatic rings. The van der Waals surface area contributed by atoms with Gasteiger partial charge in [0.15, 0.2) is 5.79 Å². The molecule has 6 aliphatic rings. The first-order valence-corrected chi connectivity index (χ1v) is 12.8. The van der Waals surface area contributed by atoms with Crippen molar-refractivity contribution in [2.45, 2.75) is 96.6 Å². The standard InChI is InChI=1S/C27H38O5/c1-15-7-10-26(31-14-15)16(2)27(30)23(32-26)13-21-19-6-5-17-11-18(28)8-9-24(17,3)20(19)12-22(29)25(21,27)4/h5,15-16,19-21,23,30H,6-14H2,1-4H3. The molecule has 4 aliphatic carbocycles. The van der Waals surface area contributed by atoms with Crippen LogP contribution in [-0.4, -0.2) is 40.8 Å². The summed E-state index contributed by atoms with van der Waals surface area (Å²) in [6.07, 6.45) is 7.94. The third-order valence-electron chi connectivity index (χ3n) is 11.3. The van der Waals surface area contributed by atoms with E-state index in [0.29, 0.717) is 43.5 Å². The van der Waals surface area contributed by atoms with Crippen LogP contribution in [0.4, 0.5) is 0 Å². The average Bonchev–Trinajstić information content (AvgIpc) is 3.11. The van der Waals surface area contributed by atoms with E-state index in [-0.39, 0.29) is 35.1 Å². The Morgan fingerprint density at radius 1 is 1.12 bits per heavy atom. The molecule has 10 atom stereocenters. The van der Waals surface area contributed by atoms with Crippen molar-refractivity contribution in [2.75, 3.05) is 6.61 Å². The maximum atomic E-state index is 14.0. The topological polar surface area (TPSA) is 72.8 Å². The first-order chi connectivity index (χ1) is 15.1. The summed E-state index contributed by atoms with van der Waals surface area (Å²) < 4.78 is 12.9. The van der Waals surface area contributed by atoms with E-state index in [4.69, 9.17) is 9.47 Å². The van der Waals surface area contributed by atoms with E-state index < -0.39 is 16.8 Å². The van der Waals surface area contributed by atoms with E-state index in [1.54, 1.807) is 0 Å². The van der Waals surface area contributed by atoms with Crippen molar-refractivity contribution in [2.24, 2.45) is 40.4 Å². The van der Waals surface area contributed by atoms with Crippen LogP contribution in [0.1, 0.15) is 79.1 Å². The second-order valence-corrected chi connectivity index (χ2v) is 12.5. The van der Waals surface area contributed by atoms with E-state index in [2.05, 4.69) is 26.8 Å². The molecule has 0 aromatic heterocycles. The van der Waals surface area contributed by atoms with Gasteiger partial charge in [0.1, 0.15) is 17.2 Å². The largest absolute Gasteiger partial charge is 0.386 e. The number of fused-ring (bicyclic) bond motifs is 7. The third kappa shape index (κ3) is 2.36. The first kappa shape index (κ1) is 21.5. The molecule has 0 bridgehead atoms. The number of hydrogen-bond acceptors (Lipinski definition) is 5. The molecule has 3 saturated carbocycles. The minimum Gasteiger partial charge on any atom is -0.386 e. The minimum atomic E-state index is -1.19. The van der Waals surface area contributed by atoms with Gasteiger partial charge in [-0.25, -0.2) is 0 Å². The summed E-state index contributed by atoms with van der Waals surface area (Å²) in [6, 6.07) is 0. The second-order valence-electron chi connectivity index (χ2n) is 12.5. The summed E-state index contributed by atoms with van der Waals surface area (Å²) in [5.74, 6) is 0.764. The monoisotopic (exact) mass is 442 g/mol. The van der Waals surface area contributed by atoms with Gasteiger partial charge >= 0.3 is 0 Å². The van der Waals surface area contributed by atoms with Crippen LogP contribution in [0.5, 0.6) is 0 Å². The predicted molar refractivity (Wildman–Crippen MR) is 119 cm³/mol. The lowest BCUT2D eigenvalue weighted by atomic mass is 9.46. The Bertz CT molecular complexity index is 900. The van der Waals surface area contributed by atoms with Gasteiger partial charge in [-0.3, -0.25) is 9.59 Å². The Labute approximate surface area is 191 Å². The highest BCUT2D eigenvalue weighted by Crippen LogP contribution is 2.70. The summed E-state index contributed by atoms with van der Waals surface area (Å²) in [6.45, 7) is 9.21. The summed E-state index contributed by atoms with van der Waals surface area (Å²) in [5, 5.41) is 12.3. The van der Waals surface area contributed by atoms with Gasteiger partial charge in [0.05, 0.1) is 18.1 Å². The zero-order chi connectivity index (χ0) is 22.7. The molecular formula is C27H38O5. The van der Waals surface area contributed by atoms with E-state index in [9.17, 15) is 14.7 Å². The van der Waals surface area contributed by atoms with Crippen LogP contribution in [0, 0.1) is 40.4 Å². The molecule has 0 aromatic carbocycles. The van der Waals surface area contributed by atoms with Gasteiger partial charge in [0, 0.05) is 31.6 Å². The number of allylic oxidation sites excluding steroid dienone is 2. The maximum absolute atomic E-state index is 14.0. The van der Waals surface area contributed by atoms with Crippen LogP contribution in [0.15, 0.2) is 11.6 Å². The fourth-order valence-electron chi connectivity index (χ4n) is 9.12. The highest BCUT2D eigenvalue weighted by Gasteiger charge is 2.78. The number of rotatable bonds is 0. The van der Waals surface area contributed by atoms with Crippen molar-refractivity contribution >= 4 is 11.6 Å². The molecule has 5 nitrogen and oxygen atoms in total. The summed E-state index contributed by atoms with van der Waals surface area (Å²) in [4.78, 5) is 26.1. The molecule has 0 radical (unpaired) electrons. The van der Waals surface area contributed by atoms with E-state index in [1.807, 2.05) is 6.92 Å². The molecule has 1 N–H and O–H groups in total. The number of carbonyl (C=O) groups is 2. The summed E-state index contributed by atoms with van der Waals surface area (Å²) in [5.41, 5.74) is -0.796. The molecule has 10 unspecified atom stereocenters. The zero-order valence-corrected chi connectivity index (χ0v) is 20.0. The van der Waals surface area contributed by atoms with Crippen molar-refractivity contribution in [1.82, 2.24) is 0 Å². The van der Waals surface area contributed by atoms with Crippen molar-refractivity contribution in [3.63, 3.8) is 0 Å². The van der Waals surface area contributed by atoms with Crippen LogP contribution in [0.2, 0.25) is 0 Å². The molecule has 6 rings (SSSR count). The zero-order valence-electron chi connectivity index (χ0n) is 20.0. The van der Waals surface area contributed by atoms with Crippen molar-refractivity contribution in [1.29, 1.82) is 0 Å². The molecule has 0 amide bonds. The molecule has 5 heteroatoms. The minimum absolute atomic E-state index is 0.0650. The van der Waals surface area contributed by atoms with Crippen LogP contribution in [0.3, 0.4) is 0 Å². The molecular weight excluding hydrogens is 404 g/mol. The summed E-state index contributed by atoms with van der Waals surface area (Å²) in [7, 11) is 0. The van der Waals surface area contributed by atoms with E-state index in [1.165, 1.54) is 5.57 Å². The van der Waals surface area contributed by atoms with Gasteiger partial charge in [0.25, 0.3) is 0 Å². The molecule has 176 valence electrons. The van der Waals surface area contributed by atoms with Gasteiger partial charge in [0.2, 0.25) is 0 Å². The van der Waals surface area contributed by atoms with Gasteiger partial charge in [-0.1, -0.05) is 32.4 Å². The fourth-order valence-corrected chi connectivity index (χ4v) is 9.12. The molecule has 32 heavy (non-hydrogen) atoms. The predicted octanol–water partition coefficient (Wildman–Crippen LogP) is 4.22. The fraction of sp³-hybridized carbons (Fsp3) is 0.852. The lowest BCUT2D eigenvalue weighted by Crippen LogP contribution is -2.63. The average molecular weight is 443 g/mol. The SMILES string of the molecule is CC1CCC2(OC1)OC1CC3C4CC=C5CC(=O)CCC5(C)C4CC(=O)C3(C)C1(O)C2C. The van der Waals surface area contributed by atoms with Crippen LogP contribution in [-0.2, 0) is 19.1 Å². The van der Waals surface area contributed by atoms with Crippen molar-refractivity contribution in [3.05, 3.63) is 11.6 Å². The molecule has 1 spiro atoms. The Balaban J connectivity index is 1.37. The second kappa shape index (κ2) is 6.55. The summed E-state index contributed by atoms with van der Waals surface area (Å²) >= 11 is 0. The van der Waals surface area contributed by atoms with Gasteiger partial charge in [-0.15, -0.1) is 0 Å². The smallest absolute Gasteiger partial charge is 0.174 e. The number of ether oxygens (including phenoxy) is 2. The van der Waals surface area contributed by atoms with Crippen LogP contribution >= 0.6 is 0 Å². The van der Waals surface area contributed by atoms with Crippen LogP contribution in [0.25, 0.3) is 0 Å². The van der Waals surface area contributed by atoms with Gasteiger partial charge in [-0.05, 0) is 61.7 Å². The Kier molecular flexibility index (Phi) is 4.40.